The molecule has 2 atom stereocenters. The van der Waals surface area contributed by atoms with Crippen LogP contribution in [0, 0.1) is 0 Å². The lowest BCUT2D eigenvalue weighted by atomic mass is 10.2. The molecule has 0 fully saturated rings. The lowest BCUT2D eigenvalue weighted by molar-refractivity contribution is 0.420. The molecule has 0 aliphatic heterocycles. The molecule has 0 spiro atoms. The summed E-state index contributed by atoms with van der Waals surface area (Å²) in [5.41, 5.74) is 0.933. The number of benzene rings is 1. The van der Waals surface area contributed by atoms with Gasteiger partial charge in [-0.3, -0.25) is 0 Å². The zero-order valence-electron chi connectivity index (χ0n) is 11.4. The molecule has 1 aromatic carbocycles. The predicted octanol–water partition coefficient (Wildman–Crippen LogP) is 5.56. The van der Waals surface area contributed by atoms with Crippen molar-refractivity contribution in [2.75, 3.05) is 0 Å². The van der Waals surface area contributed by atoms with E-state index in [0.29, 0.717) is 0 Å². The highest BCUT2D eigenvalue weighted by Gasteiger charge is 2.16. The van der Waals surface area contributed by atoms with Crippen LogP contribution in [-0.2, 0) is 0 Å². The maximum Gasteiger partial charge on any atom is 0.134 e. The molecule has 2 aromatic heterocycles. The van der Waals surface area contributed by atoms with E-state index in [1.165, 1.54) is 4.88 Å². The van der Waals surface area contributed by atoms with E-state index < -0.39 is 0 Å². The quantitative estimate of drug-likeness (QED) is 0.682. The summed E-state index contributed by atoms with van der Waals surface area (Å²) in [6.45, 7) is 4.25. The molecule has 2 unspecified atom stereocenters. The van der Waals surface area contributed by atoms with Crippen molar-refractivity contribution in [3.8, 4) is 0 Å². The van der Waals surface area contributed by atoms with Crippen LogP contribution in [0.15, 0.2) is 46.9 Å². The van der Waals surface area contributed by atoms with Gasteiger partial charge in [0.1, 0.15) is 11.3 Å². The van der Waals surface area contributed by atoms with Crippen molar-refractivity contribution in [3.63, 3.8) is 0 Å². The summed E-state index contributed by atoms with van der Waals surface area (Å²) >= 11 is 7.59. The lowest BCUT2D eigenvalue weighted by Crippen LogP contribution is -2.21. The largest absolute Gasteiger partial charge is 0.459 e. The van der Waals surface area contributed by atoms with Crippen LogP contribution in [0.1, 0.15) is 36.6 Å². The predicted molar refractivity (Wildman–Crippen MR) is 85.5 cm³/mol. The van der Waals surface area contributed by atoms with E-state index in [1.54, 1.807) is 11.3 Å². The molecule has 0 aliphatic rings. The van der Waals surface area contributed by atoms with Crippen molar-refractivity contribution in [3.05, 3.63) is 57.4 Å². The van der Waals surface area contributed by atoms with Gasteiger partial charge >= 0.3 is 0 Å². The van der Waals surface area contributed by atoms with Gasteiger partial charge in [0.15, 0.2) is 0 Å². The molecule has 104 valence electrons. The lowest BCUT2D eigenvalue weighted by Gasteiger charge is -2.17. The Labute approximate surface area is 127 Å². The minimum Gasteiger partial charge on any atom is -0.459 e. The highest BCUT2D eigenvalue weighted by atomic mass is 35.5. The summed E-state index contributed by atoms with van der Waals surface area (Å²) in [6, 6.07) is 14.6. The van der Waals surface area contributed by atoms with E-state index in [0.717, 1.165) is 21.1 Å². The van der Waals surface area contributed by atoms with Crippen LogP contribution in [0.3, 0.4) is 0 Å². The number of thiophene rings is 1. The number of halogens is 1. The van der Waals surface area contributed by atoms with Crippen LogP contribution < -0.4 is 5.32 Å². The van der Waals surface area contributed by atoms with Crippen molar-refractivity contribution in [2.24, 2.45) is 0 Å². The molecule has 0 saturated carbocycles. The van der Waals surface area contributed by atoms with Crippen LogP contribution in [0.4, 0.5) is 0 Å². The molecule has 1 N–H and O–H groups in total. The monoisotopic (exact) mass is 305 g/mol. The number of furan rings is 1. The van der Waals surface area contributed by atoms with Gasteiger partial charge in [0.25, 0.3) is 0 Å². The van der Waals surface area contributed by atoms with Crippen LogP contribution in [0.25, 0.3) is 11.0 Å². The summed E-state index contributed by atoms with van der Waals surface area (Å²) in [5.74, 6) is 0.959. The summed E-state index contributed by atoms with van der Waals surface area (Å²) in [4.78, 5) is 1.23. The standard InChI is InChI=1S/C16H16ClNOS/c1-10(18-11(2)15-7-8-16(17)20-15)14-9-12-5-3-4-6-13(12)19-14/h3-11,18H,1-2H3. The maximum atomic E-state index is 5.98. The number of nitrogens with one attached hydrogen (secondary N) is 1. The Morgan fingerprint density at radius 3 is 2.60 bits per heavy atom. The first-order valence-electron chi connectivity index (χ1n) is 6.63. The number of para-hydroxylation sites is 1. The van der Waals surface area contributed by atoms with Crippen LogP contribution in [0.2, 0.25) is 4.34 Å². The molecule has 0 bridgehead atoms. The van der Waals surface area contributed by atoms with E-state index in [-0.39, 0.29) is 12.1 Å². The van der Waals surface area contributed by atoms with Crippen LogP contribution in [-0.4, -0.2) is 0 Å². The van der Waals surface area contributed by atoms with Gasteiger partial charge in [-0.2, -0.15) is 0 Å². The minimum atomic E-state index is 0.151. The third-order valence-electron chi connectivity index (χ3n) is 3.39. The number of fused-ring (bicyclic) bond motifs is 1. The Kier molecular flexibility index (Phi) is 3.83. The van der Waals surface area contributed by atoms with Gasteiger partial charge in [0.05, 0.1) is 10.4 Å². The van der Waals surface area contributed by atoms with E-state index in [9.17, 15) is 0 Å². The molecule has 2 nitrogen and oxygen atoms in total. The van der Waals surface area contributed by atoms with Crippen molar-refractivity contribution < 1.29 is 4.42 Å². The van der Waals surface area contributed by atoms with Crippen molar-refractivity contribution in [1.82, 2.24) is 5.32 Å². The zero-order valence-corrected chi connectivity index (χ0v) is 13.0. The first-order chi connectivity index (χ1) is 9.63. The molecule has 2 heterocycles. The Bertz CT molecular complexity index is 685. The molecule has 3 aromatic rings. The minimum absolute atomic E-state index is 0.151. The second-order valence-electron chi connectivity index (χ2n) is 4.94. The van der Waals surface area contributed by atoms with Gasteiger partial charge in [-0.05, 0) is 38.1 Å². The summed E-state index contributed by atoms with van der Waals surface area (Å²) < 4.78 is 6.71. The number of hydrogen-bond donors (Lipinski definition) is 1. The van der Waals surface area contributed by atoms with Gasteiger partial charge < -0.3 is 9.73 Å². The molecule has 3 rings (SSSR count). The van der Waals surface area contributed by atoms with E-state index in [4.69, 9.17) is 16.0 Å². The SMILES string of the molecule is CC(NC(C)c1ccc(Cl)s1)c1cc2ccccc2o1. The maximum absolute atomic E-state index is 5.98. The Morgan fingerprint density at radius 1 is 1.10 bits per heavy atom. The molecule has 0 aliphatic carbocycles. The fourth-order valence-corrected chi connectivity index (χ4v) is 3.39. The van der Waals surface area contributed by atoms with E-state index in [1.807, 2.05) is 24.3 Å². The van der Waals surface area contributed by atoms with Crippen LogP contribution >= 0.6 is 22.9 Å². The molecular weight excluding hydrogens is 290 g/mol. The summed E-state index contributed by atoms with van der Waals surface area (Å²) in [5, 5.41) is 4.69. The first kappa shape index (κ1) is 13.7. The Morgan fingerprint density at radius 2 is 1.90 bits per heavy atom. The van der Waals surface area contributed by atoms with Crippen molar-refractivity contribution in [1.29, 1.82) is 0 Å². The third-order valence-corrected chi connectivity index (χ3v) is 4.81. The van der Waals surface area contributed by atoms with Gasteiger partial charge in [-0.15, -0.1) is 11.3 Å². The van der Waals surface area contributed by atoms with E-state index in [2.05, 4.69) is 37.4 Å². The summed E-state index contributed by atoms with van der Waals surface area (Å²) in [6.07, 6.45) is 0. The number of hydrogen-bond acceptors (Lipinski definition) is 3. The second-order valence-corrected chi connectivity index (χ2v) is 6.69. The highest BCUT2D eigenvalue weighted by Crippen LogP contribution is 2.29. The van der Waals surface area contributed by atoms with Gasteiger partial charge in [-0.25, -0.2) is 0 Å². The second kappa shape index (κ2) is 5.60. The van der Waals surface area contributed by atoms with E-state index >= 15 is 0 Å². The first-order valence-corrected chi connectivity index (χ1v) is 7.82. The van der Waals surface area contributed by atoms with Crippen molar-refractivity contribution in [2.45, 2.75) is 25.9 Å². The Hall–Kier alpha value is -1.29. The summed E-state index contributed by atoms with van der Waals surface area (Å²) in [7, 11) is 0. The molecule has 0 saturated heterocycles. The normalized spacial score (nSPS) is 14.6. The fourth-order valence-electron chi connectivity index (χ4n) is 2.32. The van der Waals surface area contributed by atoms with Gasteiger partial charge in [0.2, 0.25) is 0 Å². The van der Waals surface area contributed by atoms with Gasteiger partial charge in [-0.1, -0.05) is 29.8 Å². The molecule has 0 radical (unpaired) electrons. The molecule has 4 heteroatoms. The zero-order chi connectivity index (χ0) is 14.1. The fraction of sp³-hybridized carbons (Fsp3) is 0.250. The third kappa shape index (κ3) is 2.75. The molecule has 20 heavy (non-hydrogen) atoms. The topological polar surface area (TPSA) is 25.2 Å². The number of rotatable bonds is 4. The smallest absolute Gasteiger partial charge is 0.134 e. The Balaban J connectivity index is 1.76. The van der Waals surface area contributed by atoms with Crippen LogP contribution in [0.5, 0.6) is 0 Å². The molecular formula is C16H16ClNOS. The highest BCUT2D eigenvalue weighted by molar-refractivity contribution is 7.16. The average Bonchev–Trinajstić information content (AvgIpc) is 3.04. The van der Waals surface area contributed by atoms with Crippen molar-refractivity contribution >= 4 is 33.9 Å². The van der Waals surface area contributed by atoms with Gasteiger partial charge in [0, 0.05) is 16.3 Å². The average molecular weight is 306 g/mol. The molecule has 0 amide bonds.